The molecule has 1 aliphatic heterocycles. The molecule has 178 valence electrons. The van der Waals surface area contributed by atoms with Gasteiger partial charge in [-0.05, 0) is 84.9 Å². The van der Waals surface area contributed by atoms with E-state index >= 15 is 0 Å². The maximum atomic E-state index is 13.5. The molecule has 9 unspecified atom stereocenters. The van der Waals surface area contributed by atoms with Crippen LogP contribution in [0.1, 0.15) is 79.1 Å². The highest BCUT2D eigenvalue weighted by molar-refractivity contribution is 5.87. The fourth-order valence-corrected chi connectivity index (χ4v) is 10.8. The van der Waals surface area contributed by atoms with E-state index in [4.69, 9.17) is 4.74 Å². The molecule has 5 saturated carbocycles. The highest BCUT2D eigenvalue weighted by Gasteiger charge is 2.72. The number of carbonyl (C=O) groups excluding carboxylic acids is 2. The molecule has 5 aliphatic carbocycles. The van der Waals surface area contributed by atoms with Gasteiger partial charge in [0, 0.05) is 11.3 Å². The molecular formula is C27H40O5. The first-order chi connectivity index (χ1) is 15.0. The summed E-state index contributed by atoms with van der Waals surface area (Å²) in [5.41, 5.74) is -0.521. The number of hydrogen-bond donors (Lipinski definition) is 2. The largest absolute Gasteiger partial charge is 0.460 e. The van der Waals surface area contributed by atoms with Crippen molar-refractivity contribution in [1.82, 2.24) is 0 Å². The average molecular weight is 445 g/mol. The number of carbonyl (C=O) groups is 2. The average Bonchev–Trinajstić information content (AvgIpc) is 3.19. The van der Waals surface area contributed by atoms with Gasteiger partial charge >= 0.3 is 5.97 Å². The van der Waals surface area contributed by atoms with Gasteiger partial charge in [0.1, 0.15) is 12.2 Å². The maximum absolute atomic E-state index is 13.5. The smallest absolute Gasteiger partial charge is 0.335 e. The van der Waals surface area contributed by atoms with Crippen LogP contribution in [0.3, 0.4) is 0 Å². The number of aliphatic hydroxyl groups is 2. The van der Waals surface area contributed by atoms with Gasteiger partial charge in [-0.3, -0.25) is 4.79 Å². The summed E-state index contributed by atoms with van der Waals surface area (Å²) in [5, 5.41) is 22.4. The van der Waals surface area contributed by atoms with Crippen LogP contribution >= 0.6 is 0 Å². The predicted octanol–water partition coefficient (Wildman–Crippen LogP) is 3.74. The van der Waals surface area contributed by atoms with E-state index in [2.05, 4.69) is 27.7 Å². The van der Waals surface area contributed by atoms with Crippen LogP contribution < -0.4 is 0 Å². The number of hydrogen-bond acceptors (Lipinski definition) is 5. The first-order valence-electron chi connectivity index (χ1n) is 13.2. The summed E-state index contributed by atoms with van der Waals surface area (Å²) in [7, 11) is 0. The highest BCUT2D eigenvalue weighted by atomic mass is 16.6. The lowest BCUT2D eigenvalue weighted by Gasteiger charge is -2.61. The Labute approximate surface area is 191 Å². The lowest BCUT2D eigenvalue weighted by atomic mass is 9.43. The molecule has 0 bridgehead atoms. The number of ether oxygens (including phenoxy) is 1. The number of esters is 1. The minimum Gasteiger partial charge on any atom is -0.460 e. The van der Waals surface area contributed by atoms with E-state index in [1.54, 1.807) is 0 Å². The molecule has 0 aromatic rings. The van der Waals surface area contributed by atoms with Crippen molar-refractivity contribution in [1.29, 1.82) is 0 Å². The molecule has 5 nitrogen and oxygen atoms in total. The minimum absolute atomic E-state index is 0.00983. The van der Waals surface area contributed by atoms with Crippen molar-refractivity contribution in [3.8, 4) is 0 Å². The van der Waals surface area contributed by atoms with Crippen molar-refractivity contribution in [3.05, 3.63) is 0 Å². The molecule has 0 aromatic heterocycles. The van der Waals surface area contributed by atoms with Crippen molar-refractivity contribution in [2.75, 3.05) is 0 Å². The molecule has 6 aliphatic rings. The normalized spacial score (nSPS) is 61.2. The fraction of sp³-hybridized carbons (Fsp3) is 0.926. The summed E-state index contributed by atoms with van der Waals surface area (Å²) >= 11 is 0. The van der Waals surface area contributed by atoms with Crippen LogP contribution in [0, 0.1) is 57.7 Å². The summed E-state index contributed by atoms with van der Waals surface area (Å²) in [6, 6.07) is 0. The topological polar surface area (TPSA) is 83.8 Å². The standard InChI is InChI=1S/C27H40O5/c1-13-11-18-27(4,23(30)24(31)32-18)17-12-16-19-14(8-10-26(16,3)20(13)17)25(2)9-6-5-7-15(25)21(28)22(19)29/h13-20,22-23,29-30H,5-12H2,1-4H3/t13?,14?,15?,16?,17?,18?,19?,20?,22?,23-,25-,26+,27-/m1/s1. The number of rotatable bonds is 0. The van der Waals surface area contributed by atoms with Crippen molar-refractivity contribution in [2.45, 2.75) is 97.4 Å². The second kappa shape index (κ2) is 6.59. The van der Waals surface area contributed by atoms with Crippen molar-refractivity contribution < 1.29 is 24.5 Å². The third-order valence-electron chi connectivity index (χ3n) is 12.3. The number of fused-ring (bicyclic) bond motifs is 9. The van der Waals surface area contributed by atoms with E-state index in [1.807, 2.05) is 0 Å². The molecule has 1 saturated heterocycles. The Balaban J connectivity index is 1.42. The van der Waals surface area contributed by atoms with Gasteiger partial charge in [-0.15, -0.1) is 0 Å². The molecule has 1 heterocycles. The van der Waals surface area contributed by atoms with Gasteiger partial charge < -0.3 is 14.9 Å². The van der Waals surface area contributed by atoms with Gasteiger partial charge in [0.25, 0.3) is 0 Å². The molecule has 6 rings (SSSR count). The number of Topliss-reactive ketones (excluding diaryl/α,β-unsaturated/α-hetero) is 1. The summed E-state index contributed by atoms with van der Waals surface area (Å²) < 4.78 is 5.68. The number of aliphatic hydroxyl groups excluding tert-OH is 2. The molecule has 2 N–H and O–H groups in total. The zero-order valence-electron chi connectivity index (χ0n) is 20.0. The van der Waals surface area contributed by atoms with Crippen LogP contribution in [-0.2, 0) is 14.3 Å². The van der Waals surface area contributed by atoms with Gasteiger partial charge in [-0.1, -0.05) is 40.5 Å². The van der Waals surface area contributed by atoms with E-state index < -0.39 is 23.6 Å². The van der Waals surface area contributed by atoms with Gasteiger partial charge in [0.15, 0.2) is 11.9 Å². The molecule has 0 spiro atoms. The van der Waals surface area contributed by atoms with E-state index in [1.165, 1.54) is 6.42 Å². The van der Waals surface area contributed by atoms with Crippen LogP contribution in [0.5, 0.6) is 0 Å². The van der Waals surface area contributed by atoms with E-state index in [0.29, 0.717) is 17.8 Å². The summed E-state index contributed by atoms with van der Waals surface area (Å²) in [6.45, 7) is 9.09. The molecular weight excluding hydrogens is 404 g/mol. The van der Waals surface area contributed by atoms with E-state index in [-0.39, 0.29) is 46.4 Å². The second-order valence-corrected chi connectivity index (χ2v) is 13.3. The first-order valence-corrected chi connectivity index (χ1v) is 13.2. The van der Waals surface area contributed by atoms with Crippen molar-refractivity contribution in [2.24, 2.45) is 57.7 Å². The molecule has 6 fully saturated rings. The van der Waals surface area contributed by atoms with Gasteiger partial charge in [-0.25, -0.2) is 4.79 Å². The Hall–Kier alpha value is -0.940. The van der Waals surface area contributed by atoms with Gasteiger partial charge in [-0.2, -0.15) is 0 Å². The predicted molar refractivity (Wildman–Crippen MR) is 118 cm³/mol. The fourth-order valence-electron chi connectivity index (χ4n) is 10.8. The molecule has 0 aromatic carbocycles. The van der Waals surface area contributed by atoms with E-state index in [0.717, 1.165) is 44.9 Å². The first kappa shape index (κ1) is 21.6. The monoisotopic (exact) mass is 444 g/mol. The Bertz CT molecular complexity index is 855. The zero-order valence-corrected chi connectivity index (χ0v) is 20.0. The minimum atomic E-state index is -1.06. The lowest BCUT2D eigenvalue weighted by molar-refractivity contribution is -0.180. The summed E-state index contributed by atoms with van der Waals surface area (Å²) in [5.74, 6) is 1.29. The van der Waals surface area contributed by atoms with Crippen LogP contribution in [0.4, 0.5) is 0 Å². The summed E-state index contributed by atoms with van der Waals surface area (Å²) in [4.78, 5) is 25.9. The Morgan fingerprint density at radius 2 is 1.66 bits per heavy atom. The quantitative estimate of drug-likeness (QED) is 0.556. The second-order valence-electron chi connectivity index (χ2n) is 13.3. The van der Waals surface area contributed by atoms with Crippen LogP contribution in [0.2, 0.25) is 0 Å². The highest BCUT2D eigenvalue weighted by Crippen LogP contribution is 2.73. The number of ketones is 1. The molecule has 32 heavy (non-hydrogen) atoms. The molecule has 0 radical (unpaired) electrons. The molecule has 5 heteroatoms. The van der Waals surface area contributed by atoms with Crippen LogP contribution in [-0.4, -0.2) is 40.3 Å². The van der Waals surface area contributed by atoms with Crippen molar-refractivity contribution >= 4 is 11.8 Å². The van der Waals surface area contributed by atoms with Gasteiger partial charge in [0.2, 0.25) is 0 Å². The third kappa shape index (κ3) is 2.33. The van der Waals surface area contributed by atoms with Crippen molar-refractivity contribution in [3.63, 3.8) is 0 Å². The lowest BCUT2D eigenvalue weighted by Crippen LogP contribution is -2.62. The van der Waals surface area contributed by atoms with E-state index in [9.17, 15) is 19.8 Å². The van der Waals surface area contributed by atoms with Crippen LogP contribution in [0.15, 0.2) is 0 Å². The maximum Gasteiger partial charge on any atom is 0.335 e. The van der Waals surface area contributed by atoms with Gasteiger partial charge in [0.05, 0.1) is 0 Å². The zero-order chi connectivity index (χ0) is 22.8. The Kier molecular flexibility index (Phi) is 4.45. The molecule has 0 amide bonds. The summed E-state index contributed by atoms with van der Waals surface area (Å²) in [6.07, 6.45) is 6.09. The Morgan fingerprint density at radius 1 is 0.906 bits per heavy atom. The third-order valence-corrected chi connectivity index (χ3v) is 12.3. The SMILES string of the molecule is CC1CC2OC(=O)[C@@H](O)[C@]2(C)C2CC3C4C(O)C(=O)C5CCCC[C@]5(C)C4CC[C@]3(C)C12. The van der Waals surface area contributed by atoms with Crippen LogP contribution in [0.25, 0.3) is 0 Å². The molecule has 13 atom stereocenters. The Morgan fingerprint density at radius 3 is 2.41 bits per heavy atom.